The zero-order valence-corrected chi connectivity index (χ0v) is 15.3. The highest BCUT2D eigenvalue weighted by Crippen LogP contribution is 2.53. The molecule has 4 rings (SSSR count). The molecule has 3 aliphatic rings. The molecular formula is C19H11F8N3O. The van der Waals surface area contributed by atoms with E-state index >= 15 is 0 Å². The Balaban J connectivity index is 1.88. The molecule has 0 radical (unpaired) electrons. The largest absolute Gasteiger partial charge is 0.431 e. The summed E-state index contributed by atoms with van der Waals surface area (Å²) in [7, 11) is 0. The van der Waals surface area contributed by atoms with Crippen LogP contribution in [0.4, 0.5) is 35.1 Å². The first kappa shape index (κ1) is 21.1. The Morgan fingerprint density at radius 2 is 1.90 bits per heavy atom. The minimum Gasteiger partial charge on any atom is -0.431 e. The average molecular weight is 449 g/mol. The molecule has 12 heteroatoms. The highest BCUT2D eigenvalue weighted by atomic mass is 19.4. The maximum absolute atomic E-state index is 14.7. The van der Waals surface area contributed by atoms with Gasteiger partial charge in [-0.15, -0.1) is 0 Å². The van der Waals surface area contributed by atoms with Gasteiger partial charge < -0.3 is 9.64 Å². The summed E-state index contributed by atoms with van der Waals surface area (Å²) in [6.45, 7) is -3.89. The third-order valence-electron chi connectivity index (χ3n) is 5.35. The molecule has 1 atom stereocenters. The number of ether oxygens (including phenoxy) is 1. The topological polar surface area (TPSA) is 48.6 Å². The number of alkyl halides is 7. The maximum atomic E-state index is 14.7. The van der Waals surface area contributed by atoms with Crippen molar-refractivity contribution in [3.63, 3.8) is 0 Å². The van der Waals surface area contributed by atoms with Gasteiger partial charge in [0.1, 0.15) is 11.6 Å². The van der Waals surface area contributed by atoms with E-state index in [-0.39, 0.29) is 5.56 Å². The second-order valence-corrected chi connectivity index (χ2v) is 7.23. The van der Waals surface area contributed by atoms with Crippen molar-refractivity contribution in [2.24, 2.45) is 4.99 Å². The fraction of sp³-hybridized carbons (Fsp3) is 0.368. The predicted octanol–water partition coefficient (Wildman–Crippen LogP) is 5.08. The van der Waals surface area contributed by atoms with Crippen LogP contribution in [0.15, 0.2) is 40.7 Å². The summed E-state index contributed by atoms with van der Waals surface area (Å²) in [6.07, 6.45) is -5.24. The third kappa shape index (κ3) is 3.32. The van der Waals surface area contributed by atoms with E-state index in [0.29, 0.717) is 12.3 Å². The monoisotopic (exact) mass is 449 g/mol. The Bertz CT molecular complexity index is 1080. The fourth-order valence-corrected chi connectivity index (χ4v) is 4.02. The first-order valence-corrected chi connectivity index (χ1v) is 8.82. The van der Waals surface area contributed by atoms with Crippen molar-refractivity contribution in [3.05, 3.63) is 58.2 Å². The average Bonchev–Trinajstić information content (AvgIpc) is 3.04. The summed E-state index contributed by atoms with van der Waals surface area (Å²) in [5.41, 5.74) is -4.95. The Labute approximate surface area is 169 Å². The second kappa shape index (κ2) is 6.70. The summed E-state index contributed by atoms with van der Waals surface area (Å²) in [4.78, 5) is 5.06. The van der Waals surface area contributed by atoms with Crippen molar-refractivity contribution in [2.75, 3.05) is 6.54 Å². The summed E-state index contributed by atoms with van der Waals surface area (Å²) in [6, 6.07) is 3.50. The molecule has 2 heterocycles. The van der Waals surface area contributed by atoms with Gasteiger partial charge >= 0.3 is 12.8 Å². The number of fused-ring (bicyclic) bond motifs is 3. The Morgan fingerprint density at radius 3 is 2.52 bits per heavy atom. The maximum Gasteiger partial charge on any atom is 0.417 e. The van der Waals surface area contributed by atoms with Crippen molar-refractivity contribution in [1.82, 2.24) is 4.90 Å². The van der Waals surface area contributed by atoms with Crippen molar-refractivity contribution >= 4 is 5.84 Å². The van der Waals surface area contributed by atoms with E-state index in [1.807, 2.05) is 0 Å². The number of amidine groups is 1. The number of aliphatic imine (C=N–C) groups is 1. The number of hydrogen-bond donors (Lipinski definition) is 0. The van der Waals surface area contributed by atoms with Crippen LogP contribution in [0.2, 0.25) is 0 Å². The first-order chi connectivity index (χ1) is 14.4. The zero-order valence-electron chi connectivity index (χ0n) is 15.3. The highest BCUT2D eigenvalue weighted by Gasteiger charge is 2.54. The number of rotatable bonds is 2. The van der Waals surface area contributed by atoms with E-state index in [1.54, 1.807) is 0 Å². The minimum absolute atomic E-state index is 0.319. The minimum atomic E-state index is -4.90. The molecule has 0 amide bonds. The van der Waals surface area contributed by atoms with Gasteiger partial charge in [-0.3, -0.25) is 4.99 Å². The van der Waals surface area contributed by atoms with Crippen molar-refractivity contribution in [2.45, 2.75) is 37.1 Å². The van der Waals surface area contributed by atoms with Crippen LogP contribution in [0.1, 0.15) is 29.5 Å². The van der Waals surface area contributed by atoms with Crippen LogP contribution in [-0.2, 0) is 16.2 Å². The van der Waals surface area contributed by atoms with Crippen LogP contribution in [-0.4, -0.2) is 30.1 Å². The zero-order chi connectivity index (χ0) is 22.8. The predicted molar refractivity (Wildman–Crippen MR) is 89.4 cm³/mol. The molecule has 0 saturated heterocycles. The van der Waals surface area contributed by atoms with Gasteiger partial charge in [0.05, 0.1) is 23.2 Å². The van der Waals surface area contributed by atoms with Crippen LogP contribution in [0.3, 0.4) is 0 Å². The van der Waals surface area contributed by atoms with Gasteiger partial charge in [0, 0.05) is 12.6 Å². The Kier molecular flexibility index (Phi) is 4.57. The van der Waals surface area contributed by atoms with E-state index < -0.39 is 77.7 Å². The van der Waals surface area contributed by atoms with Crippen LogP contribution in [0.5, 0.6) is 0 Å². The number of allylic oxidation sites excluding steroid dienone is 2. The van der Waals surface area contributed by atoms with E-state index in [4.69, 9.17) is 5.26 Å². The van der Waals surface area contributed by atoms with Gasteiger partial charge in [-0.25, -0.2) is 13.2 Å². The smallest absolute Gasteiger partial charge is 0.417 e. The standard InChI is InChI=1S/C19H11F8N3O/c20-14-9(6-28)1-2-11-13(14)18(23,24)4-3-17(11)8-30-7-10(19(25,26)27)5-12(15(30)29-17)31-16(21)22/h1-2,5,7,16H,3-4,8H2/t17-/m1/s1. The summed E-state index contributed by atoms with van der Waals surface area (Å²) in [5.74, 6) is -6.38. The number of benzene rings is 1. The van der Waals surface area contributed by atoms with Crippen LogP contribution < -0.4 is 0 Å². The van der Waals surface area contributed by atoms with E-state index in [1.165, 1.54) is 6.07 Å². The van der Waals surface area contributed by atoms with Gasteiger partial charge in [0.2, 0.25) is 0 Å². The molecule has 1 aromatic carbocycles. The molecule has 1 aromatic rings. The first-order valence-electron chi connectivity index (χ1n) is 8.82. The van der Waals surface area contributed by atoms with Gasteiger partial charge in [0.25, 0.3) is 5.92 Å². The van der Waals surface area contributed by atoms with Gasteiger partial charge in [-0.2, -0.15) is 27.2 Å². The lowest BCUT2D eigenvalue weighted by Crippen LogP contribution is -2.40. The molecule has 164 valence electrons. The van der Waals surface area contributed by atoms with Crippen molar-refractivity contribution in [3.8, 4) is 6.07 Å². The highest BCUT2D eigenvalue weighted by molar-refractivity contribution is 6.00. The molecule has 0 fully saturated rings. The van der Waals surface area contributed by atoms with Gasteiger partial charge in [-0.1, -0.05) is 6.07 Å². The molecular weight excluding hydrogens is 438 g/mol. The van der Waals surface area contributed by atoms with Crippen molar-refractivity contribution in [1.29, 1.82) is 5.26 Å². The number of hydrogen-bond acceptors (Lipinski definition) is 4. The Morgan fingerprint density at radius 1 is 1.19 bits per heavy atom. The molecule has 0 N–H and O–H groups in total. The molecule has 0 saturated carbocycles. The fourth-order valence-electron chi connectivity index (χ4n) is 4.02. The lowest BCUT2D eigenvalue weighted by atomic mass is 9.74. The summed E-state index contributed by atoms with van der Waals surface area (Å²) >= 11 is 0. The summed E-state index contributed by atoms with van der Waals surface area (Å²) in [5, 5.41) is 8.96. The molecule has 0 bridgehead atoms. The molecule has 0 unspecified atom stereocenters. The molecule has 1 spiro atoms. The lowest BCUT2D eigenvalue weighted by Gasteiger charge is -2.37. The Hall–Kier alpha value is -3.10. The molecule has 0 aromatic heterocycles. The molecule has 4 nitrogen and oxygen atoms in total. The van der Waals surface area contributed by atoms with Gasteiger partial charge in [-0.05, 0) is 24.1 Å². The quantitative estimate of drug-likeness (QED) is 0.592. The number of nitriles is 1. The molecule has 31 heavy (non-hydrogen) atoms. The molecule has 1 aliphatic carbocycles. The number of nitrogens with zero attached hydrogens (tertiary/aromatic N) is 3. The summed E-state index contributed by atoms with van der Waals surface area (Å²) < 4.78 is 113. The molecule has 2 aliphatic heterocycles. The van der Waals surface area contributed by atoms with E-state index in [0.717, 1.165) is 17.0 Å². The van der Waals surface area contributed by atoms with Crippen LogP contribution in [0, 0.1) is 17.1 Å². The number of halogens is 8. The van der Waals surface area contributed by atoms with E-state index in [9.17, 15) is 35.1 Å². The van der Waals surface area contributed by atoms with Crippen molar-refractivity contribution < 1.29 is 39.9 Å². The normalized spacial score (nSPS) is 24.3. The SMILES string of the molecule is N#Cc1ccc2c(c1F)C(F)(F)CC[C@@]21CN2C=C(C(F)(F)F)C=C(OC(F)F)C2=N1. The lowest BCUT2D eigenvalue weighted by molar-refractivity contribution is -0.0981. The van der Waals surface area contributed by atoms with Gasteiger partial charge in [0.15, 0.2) is 17.4 Å². The second-order valence-electron chi connectivity index (χ2n) is 7.23. The van der Waals surface area contributed by atoms with Crippen LogP contribution >= 0.6 is 0 Å². The third-order valence-corrected chi connectivity index (χ3v) is 5.35. The van der Waals surface area contributed by atoms with E-state index in [2.05, 4.69) is 9.73 Å². The van der Waals surface area contributed by atoms with Crippen LogP contribution in [0.25, 0.3) is 0 Å².